The Morgan fingerprint density at radius 3 is 2.94 bits per heavy atom. The second-order valence-electron chi connectivity index (χ2n) is 3.28. The summed E-state index contributed by atoms with van der Waals surface area (Å²) >= 11 is 7.32. The molecule has 5 heteroatoms. The van der Waals surface area contributed by atoms with Crippen LogP contribution < -0.4 is 5.73 Å². The van der Waals surface area contributed by atoms with E-state index < -0.39 is 0 Å². The Balaban J connectivity index is 2.80. The molecule has 0 atom stereocenters. The number of guanidine groups is 1. The summed E-state index contributed by atoms with van der Waals surface area (Å²) in [7, 11) is 1.87. The molecule has 88 valence electrons. The molecule has 2 N–H and O–H groups in total. The van der Waals surface area contributed by atoms with Gasteiger partial charge in [-0.15, -0.1) is 23.4 Å². The van der Waals surface area contributed by atoms with Gasteiger partial charge in [0.25, 0.3) is 0 Å². The molecule has 0 amide bonds. The first-order valence-corrected chi connectivity index (χ1v) is 6.68. The molecule has 0 spiro atoms. The molecule has 1 rings (SSSR count). The van der Waals surface area contributed by atoms with Crippen molar-refractivity contribution in [3.63, 3.8) is 0 Å². The number of hydrogen-bond acceptors (Lipinski definition) is 2. The molecule has 0 unspecified atom stereocenters. The third-order valence-electron chi connectivity index (χ3n) is 2.11. The summed E-state index contributed by atoms with van der Waals surface area (Å²) in [5.74, 6) is 1.02. The van der Waals surface area contributed by atoms with Gasteiger partial charge in [0.15, 0.2) is 5.96 Å². The first-order valence-electron chi connectivity index (χ1n) is 4.92. The summed E-state index contributed by atoms with van der Waals surface area (Å²) in [4.78, 5) is 7.34. The quantitative estimate of drug-likeness (QED) is 0.390. The van der Waals surface area contributed by atoms with E-state index >= 15 is 0 Å². The van der Waals surface area contributed by atoms with Crippen molar-refractivity contribution in [2.24, 2.45) is 10.7 Å². The lowest BCUT2D eigenvalue weighted by atomic mass is 10.3. The van der Waals surface area contributed by atoms with Crippen LogP contribution in [0.15, 0.2) is 34.2 Å². The maximum absolute atomic E-state index is 5.84. The zero-order valence-electron chi connectivity index (χ0n) is 9.48. The van der Waals surface area contributed by atoms with Crippen molar-refractivity contribution in [3.8, 4) is 0 Å². The summed E-state index contributed by atoms with van der Waals surface area (Å²) < 4.78 is 0. The van der Waals surface area contributed by atoms with E-state index in [2.05, 4.69) is 4.99 Å². The molecular weight excluding hydrogens is 242 g/mol. The topological polar surface area (TPSA) is 41.6 Å². The van der Waals surface area contributed by atoms with Gasteiger partial charge in [-0.25, -0.2) is 4.99 Å². The maximum atomic E-state index is 5.84. The van der Waals surface area contributed by atoms with Gasteiger partial charge < -0.3 is 10.6 Å². The van der Waals surface area contributed by atoms with Crippen LogP contribution in [-0.4, -0.2) is 36.6 Å². The van der Waals surface area contributed by atoms with Crippen molar-refractivity contribution < 1.29 is 0 Å². The van der Waals surface area contributed by atoms with Crippen LogP contribution in [-0.2, 0) is 0 Å². The minimum Gasteiger partial charge on any atom is -0.369 e. The lowest BCUT2D eigenvalue weighted by Gasteiger charge is -2.16. The first kappa shape index (κ1) is 13.2. The van der Waals surface area contributed by atoms with Gasteiger partial charge in [-0.1, -0.05) is 6.07 Å². The molecule has 0 aliphatic carbocycles. The van der Waals surface area contributed by atoms with Crippen LogP contribution >= 0.6 is 23.4 Å². The van der Waals surface area contributed by atoms with Gasteiger partial charge in [-0.05, 0) is 24.5 Å². The smallest absolute Gasteiger partial charge is 0.196 e. The molecule has 0 saturated carbocycles. The zero-order valence-corrected chi connectivity index (χ0v) is 11.1. The normalized spacial score (nSPS) is 11.6. The standard InChI is InChI=1S/C11H16ClN3S/c1-15(7-6-12)11(13)14-9-4-3-5-10(8-9)16-2/h3-5,8H,6-7H2,1-2H3,(H2,13,14). The predicted octanol–water partition coefficient (Wildman–Crippen LogP) is 2.53. The van der Waals surface area contributed by atoms with Gasteiger partial charge in [-0.3, -0.25) is 0 Å². The van der Waals surface area contributed by atoms with E-state index in [9.17, 15) is 0 Å². The molecule has 0 aliphatic rings. The zero-order chi connectivity index (χ0) is 12.0. The number of aliphatic imine (C=N–C) groups is 1. The molecule has 0 aliphatic heterocycles. The number of nitrogens with zero attached hydrogens (tertiary/aromatic N) is 2. The molecule has 16 heavy (non-hydrogen) atoms. The highest BCUT2D eigenvalue weighted by atomic mass is 35.5. The van der Waals surface area contributed by atoms with Crippen LogP contribution in [0.5, 0.6) is 0 Å². The molecule has 1 aromatic carbocycles. The predicted molar refractivity (Wildman–Crippen MR) is 72.9 cm³/mol. The van der Waals surface area contributed by atoms with Gasteiger partial charge in [0.1, 0.15) is 0 Å². The van der Waals surface area contributed by atoms with Gasteiger partial charge in [-0.2, -0.15) is 0 Å². The van der Waals surface area contributed by atoms with Gasteiger partial charge >= 0.3 is 0 Å². The molecule has 1 aromatic rings. The monoisotopic (exact) mass is 257 g/mol. The van der Waals surface area contributed by atoms with Crippen LogP contribution in [0, 0.1) is 0 Å². The summed E-state index contributed by atoms with van der Waals surface area (Å²) in [6.45, 7) is 0.694. The fourth-order valence-corrected chi connectivity index (χ4v) is 1.85. The summed E-state index contributed by atoms with van der Waals surface area (Å²) in [5, 5.41) is 0. The second-order valence-corrected chi connectivity index (χ2v) is 4.54. The Hall–Kier alpha value is -0.870. The van der Waals surface area contributed by atoms with E-state index in [4.69, 9.17) is 17.3 Å². The van der Waals surface area contributed by atoms with E-state index in [-0.39, 0.29) is 0 Å². The number of rotatable bonds is 4. The fraction of sp³-hybridized carbons (Fsp3) is 0.364. The van der Waals surface area contributed by atoms with Crippen LogP contribution in [0.25, 0.3) is 0 Å². The Bertz CT molecular complexity index is 368. The molecule has 3 nitrogen and oxygen atoms in total. The minimum atomic E-state index is 0.485. The van der Waals surface area contributed by atoms with Crippen molar-refractivity contribution in [3.05, 3.63) is 24.3 Å². The summed E-state index contributed by atoms with van der Waals surface area (Å²) in [6, 6.07) is 7.95. The highest BCUT2D eigenvalue weighted by molar-refractivity contribution is 7.98. The highest BCUT2D eigenvalue weighted by Gasteiger charge is 2.01. The van der Waals surface area contributed by atoms with Crippen LogP contribution in [0.2, 0.25) is 0 Å². The molecule has 0 fully saturated rings. The Morgan fingerprint density at radius 1 is 1.56 bits per heavy atom. The number of halogens is 1. The van der Waals surface area contributed by atoms with Crippen LogP contribution in [0.4, 0.5) is 5.69 Å². The van der Waals surface area contributed by atoms with Gasteiger partial charge in [0, 0.05) is 24.4 Å². The minimum absolute atomic E-state index is 0.485. The average molecular weight is 258 g/mol. The second kappa shape index (κ2) is 6.66. The third-order valence-corrected chi connectivity index (χ3v) is 3.00. The average Bonchev–Trinajstić information content (AvgIpc) is 2.29. The van der Waals surface area contributed by atoms with Crippen molar-refractivity contribution >= 4 is 35.0 Å². The number of thioether (sulfide) groups is 1. The molecule has 0 bridgehead atoms. The Kier molecular flexibility index (Phi) is 5.49. The number of benzene rings is 1. The highest BCUT2D eigenvalue weighted by Crippen LogP contribution is 2.21. The Labute approximate surface area is 106 Å². The lowest BCUT2D eigenvalue weighted by molar-refractivity contribution is 0.532. The van der Waals surface area contributed by atoms with Gasteiger partial charge in [0.2, 0.25) is 0 Å². The first-order chi connectivity index (χ1) is 7.67. The third kappa shape index (κ3) is 3.94. The van der Waals surface area contributed by atoms with Crippen molar-refractivity contribution in [2.75, 3.05) is 25.7 Å². The largest absolute Gasteiger partial charge is 0.369 e. The molecule has 0 heterocycles. The van der Waals surface area contributed by atoms with E-state index in [1.807, 2.05) is 42.5 Å². The number of alkyl halides is 1. The lowest BCUT2D eigenvalue weighted by Crippen LogP contribution is -2.35. The number of nitrogens with two attached hydrogens (primary N) is 1. The van der Waals surface area contributed by atoms with Gasteiger partial charge in [0.05, 0.1) is 5.69 Å². The van der Waals surface area contributed by atoms with Crippen molar-refractivity contribution in [1.29, 1.82) is 0 Å². The molecule has 0 aromatic heterocycles. The Morgan fingerprint density at radius 2 is 2.31 bits per heavy atom. The van der Waals surface area contributed by atoms with E-state index in [1.54, 1.807) is 11.8 Å². The SMILES string of the molecule is CSc1cccc(N=C(N)N(C)CCCl)c1. The van der Waals surface area contributed by atoms with Crippen LogP contribution in [0.3, 0.4) is 0 Å². The van der Waals surface area contributed by atoms with Crippen molar-refractivity contribution in [2.45, 2.75) is 4.90 Å². The van der Waals surface area contributed by atoms with Crippen molar-refractivity contribution in [1.82, 2.24) is 4.90 Å². The van der Waals surface area contributed by atoms with E-state index in [0.717, 1.165) is 5.69 Å². The number of hydrogen-bond donors (Lipinski definition) is 1. The maximum Gasteiger partial charge on any atom is 0.196 e. The van der Waals surface area contributed by atoms with E-state index in [0.29, 0.717) is 18.4 Å². The fourth-order valence-electron chi connectivity index (χ4n) is 1.14. The summed E-state index contributed by atoms with van der Waals surface area (Å²) in [5.41, 5.74) is 6.70. The summed E-state index contributed by atoms with van der Waals surface area (Å²) in [6.07, 6.45) is 2.03. The van der Waals surface area contributed by atoms with E-state index in [1.165, 1.54) is 4.90 Å². The molecule has 0 saturated heterocycles. The van der Waals surface area contributed by atoms with Crippen LogP contribution in [0.1, 0.15) is 0 Å². The molecule has 0 radical (unpaired) electrons. The molecular formula is C11H16ClN3S.